The quantitative estimate of drug-likeness (QED) is 0.336. The Bertz CT molecular complexity index is 483. The van der Waals surface area contributed by atoms with Crippen LogP contribution in [0.25, 0.3) is 0 Å². The van der Waals surface area contributed by atoms with Gasteiger partial charge in [0.2, 0.25) is 0 Å². The minimum Gasteiger partial charge on any atom is -0.460 e. The minimum atomic E-state index is -0.477. The van der Waals surface area contributed by atoms with Gasteiger partial charge in [0, 0.05) is 12.2 Å². The number of hydrogen-bond donors (Lipinski definition) is 0. The summed E-state index contributed by atoms with van der Waals surface area (Å²) in [5, 5.41) is 0. The van der Waals surface area contributed by atoms with Crippen LogP contribution in [0, 0.1) is 11.3 Å². The molecule has 3 unspecified atom stereocenters. The lowest BCUT2D eigenvalue weighted by molar-refractivity contribution is -0.150. The van der Waals surface area contributed by atoms with Crippen LogP contribution >= 0.6 is 0 Å². The number of ether oxygens (including phenoxy) is 4. The fourth-order valence-electron chi connectivity index (χ4n) is 2.12. The van der Waals surface area contributed by atoms with Crippen molar-refractivity contribution in [3.8, 4) is 0 Å². The van der Waals surface area contributed by atoms with Gasteiger partial charge in [0.1, 0.15) is 12.7 Å². The van der Waals surface area contributed by atoms with Gasteiger partial charge in [-0.15, -0.1) is 0 Å². The number of esters is 2. The highest BCUT2D eigenvalue weighted by molar-refractivity contribution is 5.81. The van der Waals surface area contributed by atoms with E-state index < -0.39 is 11.9 Å². The second kappa shape index (κ2) is 12.7. The van der Waals surface area contributed by atoms with Gasteiger partial charge in [0.25, 0.3) is 0 Å². The summed E-state index contributed by atoms with van der Waals surface area (Å²) >= 11 is 0. The van der Waals surface area contributed by atoms with Crippen molar-refractivity contribution in [3.63, 3.8) is 0 Å². The van der Waals surface area contributed by atoms with Crippen molar-refractivity contribution in [3.05, 3.63) is 25.3 Å². The first-order chi connectivity index (χ1) is 12.5. The zero-order chi connectivity index (χ0) is 21.0. The lowest BCUT2D eigenvalue weighted by atomic mass is 9.77. The molecule has 6 heteroatoms. The molecule has 3 atom stereocenters. The highest BCUT2D eigenvalue weighted by Crippen LogP contribution is 2.32. The average molecular weight is 385 g/mol. The van der Waals surface area contributed by atoms with Crippen LogP contribution < -0.4 is 0 Å². The molecular weight excluding hydrogens is 348 g/mol. The molecule has 0 radical (unpaired) electrons. The smallest absolute Gasteiger partial charge is 0.330 e. The third-order valence-electron chi connectivity index (χ3n) is 4.56. The molecule has 0 aliphatic rings. The summed E-state index contributed by atoms with van der Waals surface area (Å²) in [6.07, 6.45) is 2.19. The maximum Gasteiger partial charge on any atom is 0.330 e. The van der Waals surface area contributed by atoms with Gasteiger partial charge in [0.15, 0.2) is 0 Å². The molecule has 156 valence electrons. The van der Waals surface area contributed by atoms with Crippen LogP contribution in [-0.2, 0) is 28.5 Å². The molecule has 0 aromatic carbocycles. The molecule has 0 amide bonds. The van der Waals surface area contributed by atoms with E-state index in [0.717, 1.165) is 18.6 Å². The minimum absolute atomic E-state index is 0.0305. The maximum absolute atomic E-state index is 11.4. The molecule has 0 aromatic rings. The van der Waals surface area contributed by atoms with Gasteiger partial charge in [-0.25, -0.2) is 9.59 Å². The van der Waals surface area contributed by atoms with Crippen LogP contribution in [-0.4, -0.2) is 50.1 Å². The molecule has 0 N–H and O–H groups in total. The van der Waals surface area contributed by atoms with Gasteiger partial charge in [-0.2, -0.15) is 0 Å². The molecule has 0 heterocycles. The standard InChI is InChI=1S/C21H36O6/c1-9-19(22)26-14-18(11-21(7,8)15(3)4)25-12-16(5)24-13-17(6)27-20(23)10-2/h9-10,15-18H,1-2,11-14H2,3-8H3. The Morgan fingerprint density at radius 1 is 0.889 bits per heavy atom. The van der Waals surface area contributed by atoms with Crippen molar-refractivity contribution >= 4 is 11.9 Å². The monoisotopic (exact) mass is 384 g/mol. The number of carbonyl (C=O) groups is 2. The third kappa shape index (κ3) is 11.6. The first-order valence-corrected chi connectivity index (χ1v) is 9.37. The van der Waals surface area contributed by atoms with E-state index in [1.807, 2.05) is 6.92 Å². The Morgan fingerprint density at radius 2 is 1.44 bits per heavy atom. The molecule has 0 saturated carbocycles. The third-order valence-corrected chi connectivity index (χ3v) is 4.56. The second-order valence-corrected chi connectivity index (χ2v) is 7.73. The second-order valence-electron chi connectivity index (χ2n) is 7.73. The van der Waals surface area contributed by atoms with Crippen LogP contribution in [0.15, 0.2) is 25.3 Å². The van der Waals surface area contributed by atoms with E-state index in [0.29, 0.717) is 12.5 Å². The van der Waals surface area contributed by atoms with Crippen LogP contribution in [0.3, 0.4) is 0 Å². The van der Waals surface area contributed by atoms with E-state index in [2.05, 4.69) is 40.9 Å². The predicted octanol–water partition coefficient (Wildman–Crippen LogP) is 3.70. The first kappa shape index (κ1) is 25.3. The van der Waals surface area contributed by atoms with Crippen LogP contribution in [0.1, 0.15) is 48.0 Å². The molecular formula is C21H36O6. The van der Waals surface area contributed by atoms with Gasteiger partial charge >= 0.3 is 11.9 Å². The Hall–Kier alpha value is -1.66. The molecule has 27 heavy (non-hydrogen) atoms. The Morgan fingerprint density at radius 3 is 1.96 bits per heavy atom. The highest BCUT2D eigenvalue weighted by Gasteiger charge is 2.28. The largest absolute Gasteiger partial charge is 0.460 e. The summed E-state index contributed by atoms with van der Waals surface area (Å²) < 4.78 is 21.9. The lowest BCUT2D eigenvalue weighted by Crippen LogP contribution is -2.33. The average Bonchev–Trinajstić information content (AvgIpc) is 2.61. The van der Waals surface area contributed by atoms with E-state index in [1.54, 1.807) is 6.92 Å². The number of hydrogen-bond acceptors (Lipinski definition) is 6. The molecule has 0 aliphatic heterocycles. The van der Waals surface area contributed by atoms with Gasteiger partial charge in [-0.3, -0.25) is 0 Å². The van der Waals surface area contributed by atoms with Crippen molar-refractivity contribution in [2.24, 2.45) is 11.3 Å². The zero-order valence-electron chi connectivity index (χ0n) is 17.7. The fourth-order valence-corrected chi connectivity index (χ4v) is 2.12. The summed E-state index contributed by atoms with van der Waals surface area (Å²) in [5.74, 6) is -0.490. The van der Waals surface area contributed by atoms with Gasteiger partial charge in [-0.05, 0) is 31.6 Å². The molecule has 0 aliphatic carbocycles. The van der Waals surface area contributed by atoms with E-state index in [4.69, 9.17) is 18.9 Å². The Balaban J connectivity index is 4.54. The topological polar surface area (TPSA) is 71.1 Å². The van der Waals surface area contributed by atoms with Gasteiger partial charge in [0.05, 0.1) is 25.4 Å². The number of carbonyl (C=O) groups excluding carboxylic acids is 2. The van der Waals surface area contributed by atoms with E-state index >= 15 is 0 Å². The van der Waals surface area contributed by atoms with E-state index in [9.17, 15) is 9.59 Å². The van der Waals surface area contributed by atoms with Crippen LogP contribution in [0.4, 0.5) is 0 Å². The molecule has 0 bridgehead atoms. The maximum atomic E-state index is 11.4. The zero-order valence-corrected chi connectivity index (χ0v) is 17.7. The molecule has 0 rings (SSSR count). The molecule has 6 nitrogen and oxygen atoms in total. The van der Waals surface area contributed by atoms with Crippen molar-refractivity contribution < 1.29 is 28.5 Å². The van der Waals surface area contributed by atoms with E-state index in [-0.39, 0.29) is 36.9 Å². The summed E-state index contributed by atoms with van der Waals surface area (Å²) in [4.78, 5) is 22.5. The summed E-state index contributed by atoms with van der Waals surface area (Å²) in [7, 11) is 0. The van der Waals surface area contributed by atoms with Crippen molar-refractivity contribution in [2.45, 2.75) is 66.3 Å². The first-order valence-electron chi connectivity index (χ1n) is 9.37. The molecule has 0 fully saturated rings. The SMILES string of the molecule is C=CC(=O)OCC(CC(C)(C)C(C)C)OCC(C)OCC(C)OC(=O)C=C. The fraction of sp³-hybridized carbons (Fsp3) is 0.714. The molecule has 0 spiro atoms. The number of rotatable bonds is 14. The summed E-state index contributed by atoms with van der Waals surface area (Å²) in [6.45, 7) is 19.8. The summed E-state index contributed by atoms with van der Waals surface area (Å²) in [5.41, 5.74) is 0.0305. The van der Waals surface area contributed by atoms with Crippen molar-refractivity contribution in [1.82, 2.24) is 0 Å². The molecule has 0 aromatic heterocycles. The van der Waals surface area contributed by atoms with E-state index in [1.165, 1.54) is 0 Å². The normalized spacial score (nSPS) is 14.9. The van der Waals surface area contributed by atoms with Crippen LogP contribution in [0.5, 0.6) is 0 Å². The predicted molar refractivity (Wildman–Crippen MR) is 105 cm³/mol. The lowest BCUT2D eigenvalue weighted by Gasteiger charge is -2.33. The van der Waals surface area contributed by atoms with Crippen molar-refractivity contribution in [1.29, 1.82) is 0 Å². The van der Waals surface area contributed by atoms with Gasteiger partial charge in [-0.1, -0.05) is 40.9 Å². The Kier molecular flexibility index (Phi) is 11.9. The molecule has 0 saturated heterocycles. The Labute approximate surface area is 163 Å². The van der Waals surface area contributed by atoms with Crippen molar-refractivity contribution in [2.75, 3.05) is 19.8 Å². The van der Waals surface area contributed by atoms with Gasteiger partial charge < -0.3 is 18.9 Å². The highest BCUT2D eigenvalue weighted by atomic mass is 16.6. The van der Waals surface area contributed by atoms with Crippen LogP contribution in [0.2, 0.25) is 0 Å². The summed E-state index contributed by atoms with van der Waals surface area (Å²) in [6, 6.07) is 0.